The molecular weight excluding hydrogens is 396 g/mol. The number of carboxylic acid groups (broad SMARTS) is 1. The summed E-state index contributed by atoms with van der Waals surface area (Å²) in [6.45, 7) is 3.58. The van der Waals surface area contributed by atoms with Gasteiger partial charge in [-0.25, -0.2) is 4.79 Å². The Morgan fingerprint density at radius 3 is 2.10 bits per heavy atom. The number of hydrogen-bond acceptors (Lipinski definition) is 7. The average Bonchev–Trinajstić information content (AvgIpc) is 2.63. The van der Waals surface area contributed by atoms with Crippen LogP contribution in [0.15, 0.2) is 0 Å². The first-order chi connectivity index (χ1) is 14.0. The van der Waals surface area contributed by atoms with E-state index in [9.17, 15) is 24.0 Å². The lowest BCUT2D eigenvalue weighted by Gasteiger charge is -2.21. The van der Waals surface area contributed by atoms with Crippen LogP contribution in [0, 0.1) is 5.92 Å². The molecule has 0 heterocycles. The molecule has 0 rings (SSSR count). The standard InChI is InChI=1S/C18H34N6O6/c1-10(2)7-13(18(29)30)23-15(26)9-22-17(28)12(5-3-4-6-19)24-16(27)11(20)8-14(21)25/h10-13H,3-9,19-20H2,1-2H3,(H2,21,25)(H,22,28)(H,23,26)(H,24,27)(H,29,30). The minimum atomic E-state index is -1.21. The van der Waals surface area contributed by atoms with Gasteiger partial charge in [0, 0.05) is 0 Å². The molecule has 0 saturated heterocycles. The van der Waals surface area contributed by atoms with E-state index in [1.807, 2.05) is 13.8 Å². The fourth-order valence-corrected chi connectivity index (χ4v) is 2.58. The highest BCUT2D eigenvalue weighted by Gasteiger charge is 2.25. The van der Waals surface area contributed by atoms with Crippen LogP contribution in [0.3, 0.4) is 0 Å². The summed E-state index contributed by atoms with van der Waals surface area (Å²) in [5.74, 6) is -3.92. The second-order valence-corrected chi connectivity index (χ2v) is 7.43. The molecule has 0 aliphatic rings. The lowest BCUT2D eigenvalue weighted by atomic mass is 10.0. The number of unbranched alkanes of at least 4 members (excludes halogenated alkanes) is 1. The van der Waals surface area contributed by atoms with Crippen LogP contribution >= 0.6 is 0 Å². The monoisotopic (exact) mass is 430 g/mol. The molecule has 0 aromatic heterocycles. The summed E-state index contributed by atoms with van der Waals surface area (Å²) in [5.41, 5.74) is 16.0. The summed E-state index contributed by atoms with van der Waals surface area (Å²) >= 11 is 0. The fraction of sp³-hybridized carbons (Fsp3) is 0.722. The van der Waals surface area contributed by atoms with Gasteiger partial charge in [0.2, 0.25) is 23.6 Å². The zero-order valence-corrected chi connectivity index (χ0v) is 17.5. The van der Waals surface area contributed by atoms with Crippen molar-refractivity contribution in [3.8, 4) is 0 Å². The molecular formula is C18H34N6O6. The first kappa shape index (κ1) is 27.3. The number of nitrogens with one attached hydrogen (secondary N) is 3. The van der Waals surface area contributed by atoms with E-state index in [-0.39, 0.29) is 25.2 Å². The van der Waals surface area contributed by atoms with Crippen LogP contribution in [0.25, 0.3) is 0 Å². The second kappa shape index (κ2) is 14.3. The van der Waals surface area contributed by atoms with E-state index in [0.717, 1.165) is 0 Å². The molecule has 0 saturated carbocycles. The molecule has 172 valence electrons. The Labute approximate surface area is 175 Å². The molecule has 0 fully saturated rings. The largest absolute Gasteiger partial charge is 0.480 e. The van der Waals surface area contributed by atoms with Crippen LogP contribution in [0.5, 0.6) is 0 Å². The van der Waals surface area contributed by atoms with E-state index in [2.05, 4.69) is 16.0 Å². The summed E-state index contributed by atoms with van der Waals surface area (Å²) in [6.07, 6.45) is 1.25. The maximum absolute atomic E-state index is 12.4. The van der Waals surface area contributed by atoms with Gasteiger partial charge in [-0.1, -0.05) is 13.8 Å². The lowest BCUT2D eigenvalue weighted by Crippen LogP contribution is -2.54. The van der Waals surface area contributed by atoms with E-state index in [4.69, 9.17) is 22.3 Å². The van der Waals surface area contributed by atoms with E-state index in [1.165, 1.54) is 0 Å². The molecule has 12 nitrogen and oxygen atoms in total. The van der Waals surface area contributed by atoms with Gasteiger partial charge in [-0.05, 0) is 38.1 Å². The molecule has 4 amide bonds. The molecule has 0 aliphatic carbocycles. The maximum Gasteiger partial charge on any atom is 0.326 e. The third kappa shape index (κ3) is 12.0. The first-order valence-corrected chi connectivity index (χ1v) is 9.82. The van der Waals surface area contributed by atoms with Gasteiger partial charge < -0.3 is 38.3 Å². The van der Waals surface area contributed by atoms with Gasteiger partial charge in [-0.2, -0.15) is 0 Å². The summed E-state index contributed by atoms with van der Waals surface area (Å²) in [4.78, 5) is 58.7. The van der Waals surface area contributed by atoms with Crippen LogP contribution in [0.2, 0.25) is 0 Å². The third-order valence-electron chi connectivity index (χ3n) is 4.10. The highest BCUT2D eigenvalue weighted by Crippen LogP contribution is 2.05. The van der Waals surface area contributed by atoms with E-state index in [1.54, 1.807) is 0 Å². The summed E-state index contributed by atoms with van der Waals surface area (Å²) in [7, 11) is 0. The number of carbonyl (C=O) groups excluding carboxylic acids is 4. The first-order valence-electron chi connectivity index (χ1n) is 9.82. The van der Waals surface area contributed by atoms with E-state index < -0.39 is 54.3 Å². The average molecular weight is 431 g/mol. The molecule has 3 unspecified atom stereocenters. The summed E-state index contributed by atoms with van der Waals surface area (Å²) in [5, 5.41) is 16.3. The molecule has 0 bridgehead atoms. The molecule has 0 spiro atoms. The predicted molar refractivity (Wildman–Crippen MR) is 109 cm³/mol. The number of amides is 4. The lowest BCUT2D eigenvalue weighted by molar-refractivity contribution is -0.142. The van der Waals surface area contributed by atoms with E-state index in [0.29, 0.717) is 19.4 Å². The van der Waals surface area contributed by atoms with Crippen molar-refractivity contribution >= 4 is 29.6 Å². The Morgan fingerprint density at radius 2 is 1.60 bits per heavy atom. The molecule has 12 heteroatoms. The number of carbonyl (C=O) groups is 5. The molecule has 0 aromatic rings. The topological polar surface area (TPSA) is 220 Å². The number of hydrogen-bond donors (Lipinski definition) is 7. The molecule has 0 aromatic carbocycles. The van der Waals surface area contributed by atoms with Gasteiger partial charge in [0.05, 0.1) is 19.0 Å². The Balaban J connectivity index is 4.86. The summed E-state index contributed by atoms with van der Waals surface area (Å²) < 4.78 is 0. The van der Waals surface area contributed by atoms with Gasteiger partial charge in [-0.15, -0.1) is 0 Å². The number of carboxylic acids is 1. The number of primary amides is 1. The fourth-order valence-electron chi connectivity index (χ4n) is 2.58. The van der Waals surface area contributed by atoms with Crippen molar-refractivity contribution in [1.82, 2.24) is 16.0 Å². The third-order valence-corrected chi connectivity index (χ3v) is 4.10. The van der Waals surface area contributed by atoms with Crippen molar-refractivity contribution in [2.75, 3.05) is 13.1 Å². The number of aliphatic carboxylic acids is 1. The maximum atomic E-state index is 12.4. The summed E-state index contributed by atoms with van der Waals surface area (Å²) in [6, 6.07) is -3.27. The molecule has 3 atom stereocenters. The molecule has 30 heavy (non-hydrogen) atoms. The molecule has 0 aliphatic heterocycles. The van der Waals surface area contributed by atoms with Crippen LogP contribution in [-0.4, -0.2) is 65.9 Å². The Hall–Kier alpha value is -2.73. The van der Waals surface area contributed by atoms with Crippen LogP contribution in [0.4, 0.5) is 0 Å². The quantitative estimate of drug-likeness (QED) is 0.138. The van der Waals surface area contributed by atoms with Crippen molar-refractivity contribution in [2.24, 2.45) is 23.1 Å². The van der Waals surface area contributed by atoms with Gasteiger partial charge in [0.1, 0.15) is 12.1 Å². The zero-order valence-electron chi connectivity index (χ0n) is 17.5. The zero-order chi connectivity index (χ0) is 23.3. The number of rotatable bonds is 15. The minimum Gasteiger partial charge on any atom is -0.480 e. The van der Waals surface area contributed by atoms with Gasteiger partial charge in [0.15, 0.2) is 0 Å². The SMILES string of the molecule is CC(C)CC(NC(=O)CNC(=O)C(CCCCN)NC(=O)C(N)CC(N)=O)C(=O)O. The van der Waals surface area contributed by atoms with E-state index >= 15 is 0 Å². The van der Waals surface area contributed by atoms with Crippen molar-refractivity contribution in [2.45, 2.75) is 64.1 Å². The van der Waals surface area contributed by atoms with Crippen molar-refractivity contribution in [1.29, 1.82) is 0 Å². The normalized spacial score (nSPS) is 13.8. The van der Waals surface area contributed by atoms with Crippen LogP contribution < -0.4 is 33.2 Å². The Kier molecular flexibility index (Phi) is 13.0. The second-order valence-electron chi connectivity index (χ2n) is 7.43. The van der Waals surface area contributed by atoms with Crippen LogP contribution in [0.1, 0.15) is 46.0 Å². The van der Waals surface area contributed by atoms with Crippen molar-refractivity contribution < 1.29 is 29.1 Å². The Bertz CT molecular complexity index is 612. The molecule has 0 radical (unpaired) electrons. The van der Waals surface area contributed by atoms with Gasteiger partial charge in [-0.3, -0.25) is 19.2 Å². The van der Waals surface area contributed by atoms with Crippen molar-refractivity contribution in [3.05, 3.63) is 0 Å². The van der Waals surface area contributed by atoms with Gasteiger partial charge in [0.25, 0.3) is 0 Å². The molecule has 10 N–H and O–H groups in total. The highest BCUT2D eigenvalue weighted by molar-refractivity contribution is 5.93. The minimum absolute atomic E-state index is 0.0488. The van der Waals surface area contributed by atoms with Crippen LogP contribution in [-0.2, 0) is 24.0 Å². The smallest absolute Gasteiger partial charge is 0.326 e. The number of nitrogens with two attached hydrogens (primary N) is 3. The Morgan fingerprint density at radius 1 is 0.967 bits per heavy atom. The van der Waals surface area contributed by atoms with Crippen molar-refractivity contribution in [3.63, 3.8) is 0 Å². The van der Waals surface area contributed by atoms with Gasteiger partial charge >= 0.3 is 5.97 Å². The highest BCUT2D eigenvalue weighted by atomic mass is 16.4. The predicted octanol–water partition coefficient (Wildman–Crippen LogP) is -2.47.